The summed E-state index contributed by atoms with van der Waals surface area (Å²) in [6.07, 6.45) is 1.76. The Kier molecular flexibility index (Phi) is 5.66. The lowest BCUT2D eigenvalue weighted by molar-refractivity contribution is -0.139. The van der Waals surface area contributed by atoms with Crippen molar-refractivity contribution in [3.63, 3.8) is 0 Å². The van der Waals surface area contributed by atoms with Gasteiger partial charge in [0.15, 0.2) is 0 Å². The van der Waals surface area contributed by atoms with E-state index >= 15 is 0 Å². The van der Waals surface area contributed by atoms with Gasteiger partial charge in [-0.05, 0) is 31.0 Å². The highest BCUT2D eigenvalue weighted by molar-refractivity contribution is 6.30. The minimum Gasteiger partial charge on any atom is -0.462 e. The van der Waals surface area contributed by atoms with E-state index in [1.54, 1.807) is 38.2 Å². The van der Waals surface area contributed by atoms with E-state index in [4.69, 9.17) is 16.3 Å². The highest BCUT2D eigenvalue weighted by atomic mass is 35.5. The van der Waals surface area contributed by atoms with E-state index in [0.717, 1.165) is 18.4 Å². The summed E-state index contributed by atoms with van der Waals surface area (Å²) >= 11 is 5.92. The number of hydrogen-bond acceptors (Lipinski definition) is 3. The predicted octanol–water partition coefficient (Wildman–Crippen LogP) is 3.65. The van der Waals surface area contributed by atoms with Crippen LogP contribution < -0.4 is 5.32 Å². The number of esters is 1. The van der Waals surface area contributed by atoms with Crippen LogP contribution in [0, 0.1) is 0 Å². The van der Waals surface area contributed by atoms with Gasteiger partial charge in [0, 0.05) is 17.8 Å². The largest absolute Gasteiger partial charge is 0.462 e. The van der Waals surface area contributed by atoms with E-state index in [1.165, 1.54) is 4.90 Å². The molecule has 1 N–H and O–H groups in total. The van der Waals surface area contributed by atoms with Gasteiger partial charge in [-0.1, -0.05) is 37.1 Å². The van der Waals surface area contributed by atoms with Crippen LogP contribution in [-0.4, -0.2) is 30.6 Å². The van der Waals surface area contributed by atoms with Crippen molar-refractivity contribution in [2.75, 3.05) is 13.7 Å². The van der Waals surface area contributed by atoms with Crippen LogP contribution in [0.15, 0.2) is 35.5 Å². The van der Waals surface area contributed by atoms with Crippen molar-refractivity contribution in [2.24, 2.45) is 0 Å². The number of ether oxygens (including phenoxy) is 1. The molecule has 1 aromatic rings. The number of urea groups is 1. The lowest BCUT2D eigenvalue weighted by Crippen LogP contribution is -2.46. The SMILES string of the molecule is CCCCOC(=O)C1=C(C)N(C)C(=O)NC1c1ccc(Cl)cc1. The third-order valence-electron chi connectivity index (χ3n) is 3.91. The summed E-state index contributed by atoms with van der Waals surface area (Å²) in [6.45, 7) is 4.15. The molecule has 23 heavy (non-hydrogen) atoms. The molecule has 1 unspecified atom stereocenters. The molecule has 0 spiro atoms. The second-order valence-electron chi connectivity index (χ2n) is 5.48. The number of amides is 2. The molecule has 5 nitrogen and oxygen atoms in total. The Morgan fingerprint density at radius 3 is 2.61 bits per heavy atom. The van der Waals surface area contributed by atoms with Crippen LogP contribution in [0.25, 0.3) is 0 Å². The Bertz CT molecular complexity index is 625. The number of carbonyl (C=O) groups is 2. The van der Waals surface area contributed by atoms with Gasteiger partial charge < -0.3 is 15.0 Å². The molecule has 0 aliphatic carbocycles. The van der Waals surface area contributed by atoms with Crippen LogP contribution in [0.2, 0.25) is 5.02 Å². The molecular weight excluding hydrogens is 316 g/mol. The van der Waals surface area contributed by atoms with E-state index in [2.05, 4.69) is 5.32 Å². The quantitative estimate of drug-likeness (QED) is 0.659. The van der Waals surface area contributed by atoms with E-state index in [-0.39, 0.29) is 6.03 Å². The number of allylic oxidation sites excluding steroid dienone is 1. The van der Waals surface area contributed by atoms with Crippen molar-refractivity contribution in [2.45, 2.75) is 32.7 Å². The molecule has 0 aromatic heterocycles. The minimum absolute atomic E-state index is 0.257. The maximum Gasteiger partial charge on any atom is 0.338 e. The van der Waals surface area contributed by atoms with Crippen molar-refractivity contribution in [3.05, 3.63) is 46.1 Å². The molecule has 1 aliphatic rings. The lowest BCUT2D eigenvalue weighted by Gasteiger charge is -2.33. The van der Waals surface area contributed by atoms with Gasteiger partial charge in [-0.3, -0.25) is 0 Å². The molecule has 1 aliphatic heterocycles. The van der Waals surface area contributed by atoms with Crippen LogP contribution in [0.5, 0.6) is 0 Å². The number of nitrogens with one attached hydrogen (secondary N) is 1. The summed E-state index contributed by atoms with van der Waals surface area (Å²) in [5.41, 5.74) is 1.83. The summed E-state index contributed by atoms with van der Waals surface area (Å²) in [5.74, 6) is -0.400. The zero-order valence-electron chi connectivity index (χ0n) is 13.6. The summed E-state index contributed by atoms with van der Waals surface area (Å²) in [6, 6.07) is 6.27. The van der Waals surface area contributed by atoms with Crippen molar-refractivity contribution in [3.8, 4) is 0 Å². The van der Waals surface area contributed by atoms with Crippen molar-refractivity contribution in [1.29, 1.82) is 0 Å². The number of benzene rings is 1. The maximum atomic E-state index is 12.5. The van der Waals surface area contributed by atoms with E-state index in [0.29, 0.717) is 22.9 Å². The van der Waals surface area contributed by atoms with Gasteiger partial charge in [0.05, 0.1) is 18.2 Å². The maximum absolute atomic E-state index is 12.5. The summed E-state index contributed by atoms with van der Waals surface area (Å²) in [5, 5.41) is 3.44. The number of hydrogen-bond donors (Lipinski definition) is 1. The van der Waals surface area contributed by atoms with Gasteiger partial charge in [-0.15, -0.1) is 0 Å². The molecule has 1 aromatic carbocycles. The summed E-state index contributed by atoms with van der Waals surface area (Å²) in [4.78, 5) is 26.0. The average Bonchev–Trinajstić information content (AvgIpc) is 2.53. The van der Waals surface area contributed by atoms with Gasteiger partial charge in [-0.2, -0.15) is 0 Å². The zero-order valence-corrected chi connectivity index (χ0v) is 14.3. The van der Waals surface area contributed by atoms with Crippen molar-refractivity contribution < 1.29 is 14.3 Å². The summed E-state index contributed by atoms with van der Waals surface area (Å²) in [7, 11) is 1.63. The number of unbranched alkanes of at least 4 members (excludes halogenated alkanes) is 1. The summed E-state index contributed by atoms with van der Waals surface area (Å²) < 4.78 is 5.35. The molecule has 0 saturated carbocycles. The highest BCUT2D eigenvalue weighted by Gasteiger charge is 2.34. The first kappa shape index (κ1) is 17.3. The van der Waals surface area contributed by atoms with Gasteiger partial charge in [0.2, 0.25) is 0 Å². The molecule has 2 amide bonds. The molecule has 1 atom stereocenters. The fourth-order valence-electron chi connectivity index (χ4n) is 2.39. The van der Waals surface area contributed by atoms with Crippen molar-refractivity contribution in [1.82, 2.24) is 10.2 Å². The molecule has 0 radical (unpaired) electrons. The first-order chi connectivity index (χ1) is 11.0. The molecular formula is C17H21ClN2O3. The normalized spacial score (nSPS) is 18.0. The standard InChI is InChI=1S/C17H21ClN2O3/c1-4-5-10-23-16(21)14-11(2)20(3)17(22)19-15(14)12-6-8-13(18)9-7-12/h6-9,15H,4-5,10H2,1-3H3,(H,19,22). The molecule has 1 heterocycles. The van der Waals surface area contributed by atoms with Crippen LogP contribution in [-0.2, 0) is 9.53 Å². The number of rotatable bonds is 5. The van der Waals surface area contributed by atoms with Crippen LogP contribution in [0.4, 0.5) is 4.79 Å². The first-order valence-corrected chi connectivity index (χ1v) is 8.01. The number of halogens is 1. The molecule has 6 heteroatoms. The third kappa shape index (κ3) is 3.85. The first-order valence-electron chi connectivity index (χ1n) is 7.63. The zero-order chi connectivity index (χ0) is 17.0. The molecule has 0 bridgehead atoms. The fourth-order valence-corrected chi connectivity index (χ4v) is 2.52. The smallest absolute Gasteiger partial charge is 0.338 e. The topological polar surface area (TPSA) is 58.6 Å². The van der Waals surface area contributed by atoms with Crippen LogP contribution in [0.3, 0.4) is 0 Å². The molecule has 0 fully saturated rings. The van der Waals surface area contributed by atoms with Gasteiger partial charge in [0.25, 0.3) is 0 Å². The monoisotopic (exact) mass is 336 g/mol. The Hall–Kier alpha value is -2.01. The Labute approximate surface area is 141 Å². The van der Waals surface area contributed by atoms with Crippen molar-refractivity contribution >= 4 is 23.6 Å². The number of carbonyl (C=O) groups excluding carboxylic acids is 2. The van der Waals surface area contributed by atoms with Gasteiger partial charge >= 0.3 is 12.0 Å². The third-order valence-corrected chi connectivity index (χ3v) is 4.16. The van der Waals surface area contributed by atoms with E-state index < -0.39 is 12.0 Å². The Morgan fingerprint density at radius 2 is 2.00 bits per heavy atom. The predicted molar refractivity (Wildman–Crippen MR) is 89.1 cm³/mol. The second-order valence-corrected chi connectivity index (χ2v) is 5.92. The van der Waals surface area contributed by atoms with Crippen LogP contribution in [0.1, 0.15) is 38.3 Å². The van der Waals surface area contributed by atoms with E-state index in [1.807, 2.05) is 6.92 Å². The highest BCUT2D eigenvalue weighted by Crippen LogP contribution is 2.31. The molecule has 124 valence electrons. The Balaban J connectivity index is 2.35. The average molecular weight is 337 g/mol. The van der Waals surface area contributed by atoms with E-state index in [9.17, 15) is 9.59 Å². The molecule has 2 rings (SSSR count). The lowest BCUT2D eigenvalue weighted by atomic mass is 9.95. The second kappa shape index (κ2) is 7.51. The van der Waals surface area contributed by atoms with Gasteiger partial charge in [-0.25, -0.2) is 9.59 Å². The van der Waals surface area contributed by atoms with Crippen LogP contribution >= 0.6 is 11.6 Å². The minimum atomic E-state index is -0.537. The van der Waals surface area contributed by atoms with Gasteiger partial charge in [0.1, 0.15) is 0 Å². The number of nitrogens with zero attached hydrogens (tertiary/aromatic N) is 1. The Morgan fingerprint density at radius 1 is 1.35 bits per heavy atom. The molecule has 0 saturated heterocycles. The fraction of sp³-hybridized carbons (Fsp3) is 0.412.